The van der Waals surface area contributed by atoms with Gasteiger partial charge in [0.15, 0.2) is 0 Å². The lowest BCUT2D eigenvalue weighted by atomic mass is 9.87. The molecule has 4 aromatic rings. The first-order valence-corrected chi connectivity index (χ1v) is 8.28. The summed E-state index contributed by atoms with van der Waals surface area (Å²) >= 11 is 0. The smallest absolute Gasteiger partial charge is 0.00207 e. The Balaban J connectivity index is 1.95. The molecule has 5 rings (SSSR count). The van der Waals surface area contributed by atoms with Gasteiger partial charge in [-0.3, -0.25) is 0 Å². The predicted octanol–water partition coefficient (Wildman–Crippen LogP) is 6.54. The molecule has 1 aliphatic carbocycles. The molecule has 1 aliphatic rings. The van der Waals surface area contributed by atoms with Crippen molar-refractivity contribution in [2.24, 2.45) is 0 Å². The molecule has 0 unspecified atom stereocenters. The van der Waals surface area contributed by atoms with Crippen molar-refractivity contribution in [1.29, 1.82) is 0 Å². The zero-order chi connectivity index (χ0) is 14.5. The highest BCUT2D eigenvalue weighted by molar-refractivity contribution is 6.24. The third kappa shape index (κ3) is 1.64. The van der Waals surface area contributed by atoms with Crippen molar-refractivity contribution in [2.75, 3.05) is 0 Å². The fourth-order valence-electron chi connectivity index (χ4n) is 4.10. The van der Waals surface area contributed by atoms with E-state index in [1.54, 1.807) is 5.57 Å². The summed E-state index contributed by atoms with van der Waals surface area (Å²) < 4.78 is 0. The maximum absolute atomic E-state index is 2.45. The summed E-state index contributed by atoms with van der Waals surface area (Å²) in [7, 11) is 0. The molecule has 0 saturated carbocycles. The van der Waals surface area contributed by atoms with Crippen molar-refractivity contribution in [1.82, 2.24) is 0 Å². The van der Waals surface area contributed by atoms with E-state index in [1.165, 1.54) is 63.6 Å². The van der Waals surface area contributed by atoms with Crippen LogP contribution in [0.1, 0.15) is 31.2 Å². The number of hydrogen-bond acceptors (Lipinski definition) is 0. The van der Waals surface area contributed by atoms with Gasteiger partial charge in [-0.2, -0.15) is 0 Å². The molecule has 0 heteroatoms. The van der Waals surface area contributed by atoms with E-state index in [2.05, 4.69) is 60.7 Å². The standard InChI is InChI=1S/C22H18/c1-2-5-15(6-3-1)19-13-11-18-10-9-16-7-4-8-17-12-14-20(19)22(18)21(16)17/h4-5,7-14H,1-3,6H2. The lowest BCUT2D eigenvalue weighted by Gasteiger charge is -2.18. The minimum Gasteiger partial charge on any atom is -0.0807 e. The Morgan fingerprint density at radius 3 is 2.14 bits per heavy atom. The van der Waals surface area contributed by atoms with Crippen molar-refractivity contribution in [3.63, 3.8) is 0 Å². The van der Waals surface area contributed by atoms with Crippen LogP contribution < -0.4 is 0 Å². The first-order chi connectivity index (χ1) is 10.9. The Morgan fingerprint density at radius 2 is 1.36 bits per heavy atom. The number of benzene rings is 4. The summed E-state index contributed by atoms with van der Waals surface area (Å²) in [5.74, 6) is 0. The molecule has 0 fully saturated rings. The first-order valence-electron chi connectivity index (χ1n) is 8.28. The van der Waals surface area contributed by atoms with E-state index in [4.69, 9.17) is 0 Å². The zero-order valence-electron chi connectivity index (χ0n) is 12.6. The van der Waals surface area contributed by atoms with Gasteiger partial charge in [0, 0.05) is 0 Å². The van der Waals surface area contributed by atoms with Gasteiger partial charge in [0.1, 0.15) is 0 Å². The van der Waals surface area contributed by atoms with E-state index in [0.29, 0.717) is 0 Å². The maximum atomic E-state index is 2.45. The van der Waals surface area contributed by atoms with Gasteiger partial charge in [-0.1, -0.05) is 60.7 Å². The molecule has 0 aliphatic heterocycles. The van der Waals surface area contributed by atoms with Crippen LogP contribution in [0.4, 0.5) is 0 Å². The van der Waals surface area contributed by atoms with Crippen LogP contribution in [0.2, 0.25) is 0 Å². The van der Waals surface area contributed by atoms with Gasteiger partial charge >= 0.3 is 0 Å². The van der Waals surface area contributed by atoms with Crippen molar-refractivity contribution >= 4 is 37.9 Å². The van der Waals surface area contributed by atoms with Crippen molar-refractivity contribution in [3.05, 3.63) is 66.2 Å². The van der Waals surface area contributed by atoms with Crippen LogP contribution in [0.3, 0.4) is 0 Å². The van der Waals surface area contributed by atoms with Crippen LogP contribution in [-0.4, -0.2) is 0 Å². The van der Waals surface area contributed by atoms with Gasteiger partial charge in [-0.15, -0.1) is 0 Å². The van der Waals surface area contributed by atoms with Gasteiger partial charge in [0.2, 0.25) is 0 Å². The van der Waals surface area contributed by atoms with Gasteiger partial charge in [0.05, 0.1) is 0 Å². The zero-order valence-corrected chi connectivity index (χ0v) is 12.6. The second kappa shape index (κ2) is 4.58. The van der Waals surface area contributed by atoms with Crippen molar-refractivity contribution < 1.29 is 0 Å². The van der Waals surface area contributed by atoms with Crippen LogP contribution in [0.5, 0.6) is 0 Å². The molecular formula is C22H18. The summed E-state index contributed by atoms with van der Waals surface area (Å²) in [5.41, 5.74) is 3.00. The molecule has 0 radical (unpaired) electrons. The van der Waals surface area contributed by atoms with E-state index in [-0.39, 0.29) is 0 Å². The van der Waals surface area contributed by atoms with E-state index < -0.39 is 0 Å². The predicted molar refractivity (Wildman–Crippen MR) is 96.6 cm³/mol. The SMILES string of the molecule is C1=C(c2ccc3ccc4cccc5ccc2c3c45)CCCC1. The molecule has 0 bridgehead atoms. The Kier molecular flexibility index (Phi) is 2.54. The molecule has 0 spiro atoms. The van der Waals surface area contributed by atoms with Crippen LogP contribution in [-0.2, 0) is 0 Å². The van der Waals surface area contributed by atoms with Crippen molar-refractivity contribution in [2.45, 2.75) is 25.7 Å². The molecule has 0 saturated heterocycles. The lowest BCUT2D eigenvalue weighted by molar-refractivity contribution is 0.742. The maximum Gasteiger partial charge on any atom is -0.00207 e. The molecule has 0 aromatic heterocycles. The summed E-state index contributed by atoms with van der Waals surface area (Å²) in [6.45, 7) is 0. The monoisotopic (exact) mass is 282 g/mol. The molecule has 106 valence electrons. The molecule has 0 atom stereocenters. The van der Waals surface area contributed by atoms with E-state index in [9.17, 15) is 0 Å². The quantitative estimate of drug-likeness (QED) is 0.348. The first kappa shape index (κ1) is 12.2. The summed E-state index contributed by atoms with van der Waals surface area (Å²) in [6, 6.07) is 20.4. The lowest BCUT2D eigenvalue weighted by Crippen LogP contribution is -1.94. The third-order valence-corrected chi connectivity index (χ3v) is 5.17. The Hall–Kier alpha value is -2.34. The Morgan fingerprint density at radius 1 is 0.636 bits per heavy atom. The van der Waals surface area contributed by atoms with Crippen LogP contribution >= 0.6 is 0 Å². The largest absolute Gasteiger partial charge is 0.0807 e. The minimum absolute atomic E-state index is 1.23. The molecule has 0 nitrogen and oxygen atoms in total. The van der Waals surface area contributed by atoms with E-state index in [0.717, 1.165) is 0 Å². The summed E-state index contributed by atoms with van der Waals surface area (Å²) in [6.07, 6.45) is 7.58. The fraction of sp³-hybridized carbons (Fsp3) is 0.182. The van der Waals surface area contributed by atoms with Crippen LogP contribution in [0.15, 0.2) is 60.7 Å². The Bertz CT molecular complexity index is 1000. The molecule has 0 heterocycles. The van der Waals surface area contributed by atoms with Crippen LogP contribution in [0.25, 0.3) is 37.9 Å². The Labute approximate surface area is 130 Å². The van der Waals surface area contributed by atoms with Crippen LogP contribution in [0, 0.1) is 0 Å². The minimum atomic E-state index is 1.23. The van der Waals surface area contributed by atoms with Gasteiger partial charge in [-0.05, 0) is 69.1 Å². The molecular weight excluding hydrogens is 264 g/mol. The summed E-state index contributed by atoms with van der Waals surface area (Å²) in [4.78, 5) is 0. The average Bonchev–Trinajstić information content (AvgIpc) is 2.60. The van der Waals surface area contributed by atoms with Gasteiger partial charge < -0.3 is 0 Å². The van der Waals surface area contributed by atoms with E-state index >= 15 is 0 Å². The molecule has 0 N–H and O–H groups in total. The number of rotatable bonds is 1. The highest BCUT2D eigenvalue weighted by Crippen LogP contribution is 2.39. The summed E-state index contributed by atoms with van der Waals surface area (Å²) in [5, 5.41) is 8.36. The van der Waals surface area contributed by atoms with Gasteiger partial charge in [-0.25, -0.2) is 0 Å². The second-order valence-electron chi connectivity index (χ2n) is 6.44. The molecule has 4 aromatic carbocycles. The number of allylic oxidation sites excluding steroid dienone is 2. The molecule has 0 amide bonds. The second-order valence-corrected chi connectivity index (χ2v) is 6.44. The highest BCUT2D eigenvalue weighted by Gasteiger charge is 2.13. The van der Waals surface area contributed by atoms with Crippen molar-refractivity contribution in [3.8, 4) is 0 Å². The third-order valence-electron chi connectivity index (χ3n) is 5.17. The highest BCUT2D eigenvalue weighted by atomic mass is 14.2. The van der Waals surface area contributed by atoms with E-state index in [1.807, 2.05) is 0 Å². The fourth-order valence-corrected chi connectivity index (χ4v) is 4.10. The number of hydrogen-bond donors (Lipinski definition) is 0. The molecule has 22 heavy (non-hydrogen) atoms. The normalized spacial score (nSPS) is 15.7. The topological polar surface area (TPSA) is 0 Å². The van der Waals surface area contributed by atoms with Gasteiger partial charge in [0.25, 0.3) is 0 Å². The average molecular weight is 282 g/mol.